The van der Waals surface area contributed by atoms with Crippen LogP contribution in [0.25, 0.3) is 0 Å². The van der Waals surface area contributed by atoms with Crippen LogP contribution in [0.15, 0.2) is 0 Å². The summed E-state index contributed by atoms with van der Waals surface area (Å²) in [7, 11) is 0. The van der Waals surface area contributed by atoms with Gasteiger partial charge in [-0.15, -0.1) is 21.5 Å². The molecule has 0 aromatic carbocycles. The van der Waals surface area contributed by atoms with Crippen LogP contribution in [0.2, 0.25) is 0 Å². The second-order valence-electron chi connectivity index (χ2n) is 9.80. The van der Waals surface area contributed by atoms with E-state index in [2.05, 4.69) is 20.1 Å². The Labute approximate surface area is 212 Å². The molecule has 1 fully saturated rings. The molecule has 0 amide bonds. The number of aryl methyl sites for hydroxylation is 1. The van der Waals surface area contributed by atoms with Crippen LogP contribution in [0, 0.1) is 18.8 Å². The van der Waals surface area contributed by atoms with E-state index in [0.717, 1.165) is 79.2 Å². The zero-order valence-electron chi connectivity index (χ0n) is 20.3. The van der Waals surface area contributed by atoms with Gasteiger partial charge in [0.1, 0.15) is 15.8 Å². The van der Waals surface area contributed by atoms with Crippen LogP contribution in [-0.4, -0.2) is 57.8 Å². The predicted molar refractivity (Wildman–Crippen MR) is 130 cm³/mol. The van der Waals surface area contributed by atoms with Crippen LogP contribution in [0.4, 0.5) is 13.2 Å². The van der Waals surface area contributed by atoms with Gasteiger partial charge in [-0.3, -0.25) is 4.79 Å². The van der Waals surface area contributed by atoms with E-state index in [1.165, 1.54) is 35.5 Å². The molecule has 1 saturated carbocycles. The Morgan fingerprint density at radius 1 is 1.11 bits per heavy atom. The van der Waals surface area contributed by atoms with Crippen molar-refractivity contribution in [1.82, 2.24) is 20.1 Å². The first-order valence-corrected chi connectivity index (χ1v) is 14.0. The summed E-state index contributed by atoms with van der Waals surface area (Å²) < 4.78 is 43.3. The van der Waals surface area contributed by atoms with Gasteiger partial charge in [0.05, 0.1) is 12.1 Å². The highest BCUT2D eigenvalue weighted by Crippen LogP contribution is 2.34. The van der Waals surface area contributed by atoms with Crippen molar-refractivity contribution in [2.45, 2.75) is 83.9 Å². The number of Topliss-reactive ketones (excluding diaryl/α,β-unsaturated/α-hetero) is 1. The lowest BCUT2D eigenvalue weighted by molar-refractivity contribution is -0.189. The third-order valence-corrected chi connectivity index (χ3v) is 8.96. The number of carbonyl (C=O) groups is 1. The van der Waals surface area contributed by atoms with Crippen molar-refractivity contribution in [3.8, 4) is 5.19 Å². The third kappa shape index (κ3) is 7.69. The van der Waals surface area contributed by atoms with Crippen molar-refractivity contribution in [3.63, 3.8) is 0 Å². The minimum Gasteiger partial charge on any atom is -0.457 e. The van der Waals surface area contributed by atoms with E-state index in [9.17, 15) is 18.0 Å². The molecule has 3 heterocycles. The van der Waals surface area contributed by atoms with Crippen LogP contribution >= 0.6 is 22.7 Å². The normalized spacial score (nSPS) is 22.4. The Morgan fingerprint density at radius 3 is 2.51 bits per heavy atom. The minimum atomic E-state index is -4.38. The summed E-state index contributed by atoms with van der Waals surface area (Å²) in [6.07, 6.45) is 2.14. The number of thiazole rings is 1. The summed E-state index contributed by atoms with van der Waals surface area (Å²) in [6.45, 7) is 5.73. The van der Waals surface area contributed by atoms with Crippen molar-refractivity contribution in [3.05, 3.63) is 20.6 Å². The largest absolute Gasteiger partial charge is 0.457 e. The number of ketones is 1. The number of aromatic nitrogens is 3. The van der Waals surface area contributed by atoms with Crippen LogP contribution < -0.4 is 4.74 Å². The SMILES string of the molecule is Cc1nnc(CC(=O)CC2CCC(CCN3CCc4nc(OC(C)C(F)(F)F)sc4CC3)CC2)s1. The highest BCUT2D eigenvalue weighted by Gasteiger charge is 2.39. The fourth-order valence-corrected chi connectivity index (χ4v) is 6.69. The lowest BCUT2D eigenvalue weighted by Crippen LogP contribution is -2.31. The molecular weight excluding hydrogens is 497 g/mol. The minimum absolute atomic E-state index is 0.127. The van der Waals surface area contributed by atoms with E-state index in [1.54, 1.807) is 0 Å². The van der Waals surface area contributed by atoms with Crippen LogP contribution in [-0.2, 0) is 24.1 Å². The Bertz CT molecular complexity index is 960. The van der Waals surface area contributed by atoms with Gasteiger partial charge in [0.25, 0.3) is 5.19 Å². The maximum absolute atomic E-state index is 12.8. The summed E-state index contributed by atoms with van der Waals surface area (Å²) in [6, 6.07) is 0. The molecule has 0 radical (unpaired) electrons. The van der Waals surface area contributed by atoms with E-state index >= 15 is 0 Å². The van der Waals surface area contributed by atoms with Crippen molar-refractivity contribution < 1.29 is 22.7 Å². The Hall–Kier alpha value is -1.59. The van der Waals surface area contributed by atoms with Crippen LogP contribution in [0.1, 0.15) is 66.0 Å². The second-order valence-corrected chi connectivity index (χ2v) is 12.1. The fourth-order valence-electron chi connectivity index (χ4n) is 4.94. The van der Waals surface area contributed by atoms with E-state index < -0.39 is 12.3 Å². The molecular formula is C24H33F3N4O2S2. The molecule has 1 unspecified atom stereocenters. The number of hydrogen-bond donors (Lipinski definition) is 0. The molecule has 0 N–H and O–H groups in total. The predicted octanol–water partition coefficient (Wildman–Crippen LogP) is 5.43. The van der Waals surface area contributed by atoms with Gasteiger partial charge in [0.15, 0.2) is 6.10 Å². The molecule has 6 nitrogen and oxygen atoms in total. The van der Waals surface area contributed by atoms with E-state index in [1.807, 2.05) is 6.92 Å². The topological polar surface area (TPSA) is 68.2 Å². The molecule has 0 spiro atoms. The number of halogens is 3. The number of rotatable bonds is 9. The van der Waals surface area contributed by atoms with Gasteiger partial charge in [-0.2, -0.15) is 13.2 Å². The van der Waals surface area contributed by atoms with E-state index in [-0.39, 0.29) is 11.0 Å². The average molecular weight is 531 g/mol. The lowest BCUT2D eigenvalue weighted by atomic mass is 9.78. The first-order chi connectivity index (χ1) is 16.7. The third-order valence-electron chi connectivity index (χ3n) is 7.07. The van der Waals surface area contributed by atoms with Crippen molar-refractivity contribution in [2.24, 2.45) is 11.8 Å². The number of nitrogens with zero attached hydrogens (tertiary/aromatic N) is 4. The van der Waals surface area contributed by atoms with Gasteiger partial charge in [-0.25, -0.2) is 4.98 Å². The first kappa shape index (κ1) is 26.5. The second kappa shape index (κ2) is 11.6. The molecule has 1 aliphatic carbocycles. The van der Waals surface area contributed by atoms with Gasteiger partial charge in [0, 0.05) is 30.8 Å². The highest BCUT2D eigenvalue weighted by atomic mass is 32.1. The highest BCUT2D eigenvalue weighted by molar-refractivity contribution is 7.13. The summed E-state index contributed by atoms with van der Waals surface area (Å²) in [5.74, 6) is 1.47. The van der Waals surface area contributed by atoms with Gasteiger partial charge >= 0.3 is 6.18 Å². The smallest absolute Gasteiger partial charge is 0.425 e. The molecule has 194 valence electrons. The zero-order valence-corrected chi connectivity index (χ0v) is 21.9. The molecule has 2 aliphatic rings. The molecule has 0 bridgehead atoms. The number of hydrogen-bond acceptors (Lipinski definition) is 8. The van der Waals surface area contributed by atoms with Gasteiger partial charge < -0.3 is 9.64 Å². The number of fused-ring (bicyclic) bond motifs is 1. The molecule has 11 heteroatoms. The number of ether oxygens (including phenoxy) is 1. The van der Waals surface area contributed by atoms with Crippen molar-refractivity contribution >= 4 is 28.5 Å². The standard InChI is InChI=1S/C24H33F3N4O2S2/c1-15(24(25,26)27)33-23-28-20-8-11-31(12-9-21(20)35-23)10-7-17-3-5-18(6-4-17)13-19(32)14-22-30-29-16(2)34-22/h15,17-18H,3-14H2,1-2H3. The first-order valence-electron chi connectivity index (χ1n) is 12.4. The molecule has 1 atom stereocenters. The summed E-state index contributed by atoms with van der Waals surface area (Å²) in [5.41, 5.74) is 0.885. The monoisotopic (exact) mass is 530 g/mol. The summed E-state index contributed by atoms with van der Waals surface area (Å²) >= 11 is 2.76. The number of carbonyl (C=O) groups excluding carboxylic acids is 1. The summed E-state index contributed by atoms with van der Waals surface area (Å²) in [4.78, 5) is 20.2. The Kier molecular flexibility index (Phi) is 8.80. The fraction of sp³-hybridized carbons (Fsp3) is 0.750. The van der Waals surface area contributed by atoms with Crippen LogP contribution in [0.3, 0.4) is 0 Å². The maximum Gasteiger partial charge on any atom is 0.425 e. The zero-order chi connectivity index (χ0) is 25.0. The molecule has 35 heavy (non-hydrogen) atoms. The van der Waals surface area contributed by atoms with Crippen molar-refractivity contribution in [1.29, 1.82) is 0 Å². The Balaban J connectivity index is 1.14. The van der Waals surface area contributed by atoms with Gasteiger partial charge in [0.2, 0.25) is 0 Å². The lowest BCUT2D eigenvalue weighted by Gasteiger charge is -2.30. The van der Waals surface area contributed by atoms with E-state index in [0.29, 0.717) is 24.7 Å². The molecule has 0 saturated heterocycles. The molecule has 1 aliphatic heterocycles. The quantitative estimate of drug-likeness (QED) is 0.431. The molecule has 2 aromatic heterocycles. The maximum atomic E-state index is 12.8. The summed E-state index contributed by atoms with van der Waals surface area (Å²) in [5, 5.41) is 9.90. The molecule has 2 aromatic rings. The Morgan fingerprint density at radius 2 is 1.83 bits per heavy atom. The average Bonchev–Trinajstić information content (AvgIpc) is 3.33. The number of alkyl halides is 3. The van der Waals surface area contributed by atoms with Crippen LogP contribution in [0.5, 0.6) is 5.19 Å². The van der Waals surface area contributed by atoms with Gasteiger partial charge in [-0.05, 0) is 57.9 Å². The molecule has 4 rings (SSSR count). The van der Waals surface area contributed by atoms with Gasteiger partial charge in [-0.1, -0.05) is 24.2 Å². The van der Waals surface area contributed by atoms with E-state index in [4.69, 9.17) is 4.74 Å². The van der Waals surface area contributed by atoms with Crippen molar-refractivity contribution in [2.75, 3.05) is 19.6 Å².